The minimum Gasteiger partial charge on any atom is -0.508 e. The first-order valence-electron chi connectivity index (χ1n) is 6.13. The van der Waals surface area contributed by atoms with Crippen molar-refractivity contribution in [2.75, 3.05) is 0 Å². The lowest BCUT2D eigenvalue weighted by molar-refractivity contribution is 0.450. The van der Waals surface area contributed by atoms with E-state index in [1.165, 1.54) is 12.3 Å². The van der Waals surface area contributed by atoms with Crippen LogP contribution in [0.2, 0.25) is 0 Å². The summed E-state index contributed by atoms with van der Waals surface area (Å²) in [6.07, 6.45) is 1.38. The molecular weight excluding hydrogens is 270 g/mol. The van der Waals surface area contributed by atoms with Gasteiger partial charge >= 0.3 is 0 Å². The molecule has 2 rings (SSSR count). The van der Waals surface area contributed by atoms with Crippen LogP contribution >= 0.6 is 0 Å². The van der Waals surface area contributed by atoms with E-state index in [4.69, 9.17) is 5.26 Å². The van der Waals surface area contributed by atoms with Gasteiger partial charge in [0.25, 0.3) is 5.56 Å². The van der Waals surface area contributed by atoms with Crippen LogP contribution in [-0.4, -0.2) is 21.4 Å². The smallest absolute Gasteiger partial charge is 0.268 e. The van der Waals surface area contributed by atoms with E-state index < -0.39 is 5.56 Å². The van der Waals surface area contributed by atoms with Crippen molar-refractivity contribution in [2.45, 2.75) is 13.8 Å². The van der Waals surface area contributed by atoms with E-state index in [-0.39, 0.29) is 22.8 Å². The predicted molar refractivity (Wildman–Crippen MR) is 78.3 cm³/mol. The minimum absolute atomic E-state index is 0.0586. The summed E-state index contributed by atoms with van der Waals surface area (Å²) >= 11 is 0. The second-order valence-electron chi connectivity index (χ2n) is 4.56. The second-order valence-corrected chi connectivity index (χ2v) is 4.56. The van der Waals surface area contributed by atoms with E-state index >= 15 is 0 Å². The van der Waals surface area contributed by atoms with Crippen molar-refractivity contribution in [3.8, 4) is 17.7 Å². The van der Waals surface area contributed by atoms with Crippen LogP contribution in [0.3, 0.4) is 0 Å². The standard InChI is InChI=1S/C15H13N3O3/c1-8-5-10(19)3-4-13(8)17-7-12-9(2)11(6-16)14(20)18-15(12)21/h3-5,7,19H,1-2H3,(H2,18,20,21). The molecule has 0 atom stereocenters. The summed E-state index contributed by atoms with van der Waals surface area (Å²) in [7, 11) is 0. The summed E-state index contributed by atoms with van der Waals surface area (Å²) in [6, 6.07) is 6.49. The maximum absolute atomic E-state index is 11.5. The number of phenolic OH excluding ortho intramolecular Hbond substituents is 1. The SMILES string of the molecule is Cc1cc(O)ccc1N=Cc1c(O)[nH]c(=O)c(C#N)c1C. The van der Waals surface area contributed by atoms with Crippen molar-refractivity contribution < 1.29 is 10.2 Å². The van der Waals surface area contributed by atoms with E-state index in [0.717, 1.165) is 5.56 Å². The Bertz CT molecular complexity index is 829. The molecule has 1 aromatic carbocycles. The molecule has 6 heteroatoms. The summed E-state index contributed by atoms with van der Waals surface area (Å²) in [5.41, 5.74) is 1.31. The number of aryl methyl sites for hydroxylation is 1. The van der Waals surface area contributed by atoms with Gasteiger partial charge in [-0.2, -0.15) is 5.26 Å². The number of hydrogen-bond acceptors (Lipinski definition) is 5. The number of aromatic nitrogens is 1. The molecule has 0 saturated carbocycles. The lowest BCUT2D eigenvalue weighted by atomic mass is 10.1. The van der Waals surface area contributed by atoms with E-state index in [1.807, 2.05) is 0 Å². The highest BCUT2D eigenvalue weighted by atomic mass is 16.3. The quantitative estimate of drug-likeness (QED) is 0.732. The van der Waals surface area contributed by atoms with E-state index in [0.29, 0.717) is 11.3 Å². The minimum atomic E-state index is -0.634. The van der Waals surface area contributed by atoms with Crippen LogP contribution in [-0.2, 0) is 0 Å². The molecule has 0 radical (unpaired) electrons. The molecule has 2 aromatic rings. The van der Waals surface area contributed by atoms with E-state index in [2.05, 4.69) is 9.98 Å². The summed E-state index contributed by atoms with van der Waals surface area (Å²) < 4.78 is 0. The molecule has 106 valence electrons. The number of nitrogens with zero attached hydrogens (tertiary/aromatic N) is 2. The van der Waals surface area contributed by atoms with Gasteiger partial charge in [-0.3, -0.25) is 14.8 Å². The highest BCUT2D eigenvalue weighted by Gasteiger charge is 2.12. The molecule has 3 N–H and O–H groups in total. The number of nitrogens with one attached hydrogen (secondary N) is 1. The third kappa shape index (κ3) is 2.77. The molecule has 0 spiro atoms. The van der Waals surface area contributed by atoms with E-state index in [1.54, 1.807) is 32.0 Å². The fraction of sp³-hybridized carbons (Fsp3) is 0.133. The zero-order chi connectivity index (χ0) is 15.6. The predicted octanol–water partition coefficient (Wildman–Crippen LogP) is 2.03. The number of aliphatic imine (C=N–C) groups is 1. The number of aromatic amines is 1. The third-order valence-corrected chi connectivity index (χ3v) is 3.12. The van der Waals surface area contributed by atoms with Gasteiger partial charge in [0.15, 0.2) is 0 Å². The zero-order valence-corrected chi connectivity index (χ0v) is 11.5. The summed E-state index contributed by atoms with van der Waals surface area (Å²) in [5, 5.41) is 28.1. The second kappa shape index (κ2) is 5.51. The molecule has 0 fully saturated rings. The normalized spacial score (nSPS) is 10.7. The average Bonchev–Trinajstić information content (AvgIpc) is 2.40. The Labute approximate surface area is 120 Å². The first-order valence-corrected chi connectivity index (χ1v) is 6.13. The van der Waals surface area contributed by atoms with Crippen LogP contribution < -0.4 is 5.56 Å². The van der Waals surface area contributed by atoms with Crippen molar-refractivity contribution in [3.05, 3.63) is 50.8 Å². The first kappa shape index (κ1) is 14.3. The number of H-pyrrole nitrogens is 1. The molecule has 0 aliphatic rings. The number of benzene rings is 1. The van der Waals surface area contributed by atoms with Gasteiger partial charge in [-0.15, -0.1) is 0 Å². The topological polar surface area (TPSA) is 109 Å². The van der Waals surface area contributed by atoms with Gasteiger partial charge in [0.05, 0.1) is 11.3 Å². The number of phenols is 1. The zero-order valence-electron chi connectivity index (χ0n) is 11.5. The fourth-order valence-corrected chi connectivity index (χ4v) is 1.93. The summed E-state index contributed by atoms with van der Waals surface area (Å²) in [6.45, 7) is 3.35. The molecule has 0 amide bonds. The number of rotatable bonds is 2. The average molecular weight is 283 g/mol. The fourth-order valence-electron chi connectivity index (χ4n) is 1.93. The Morgan fingerprint density at radius 1 is 1.33 bits per heavy atom. The molecule has 0 unspecified atom stereocenters. The Morgan fingerprint density at radius 2 is 2.05 bits per heavy atom. The summed E-state index contributed by atoms with van der Waals surface area (Å²) in [4.78, 5) is 17.9. The van der Waals surface area contributed by atoms with Crippen molar-refractivity contribution in [3.63, 3.8) is 0 Å². The molecule has 0 bridgehead atoms. The van der Waals surface area contributed by atoms with Crippen molar-refractivity contribution in [1.82, 2.24) is 4.98 Å². The molecule has 0 saturated heterocycles. The molecule has 1 heterocycles. The van der Waals surface area contributed by atoms with Gasteiger partial charge in [0, 0.05) is 6.21 Å². The van der Waals surface area contributed by atoms with Crippen molar-refractivity contribution in [2.24, 2.45) is 4.99 Å². The Balaban J connectivity index is 2.51. The third-order valence-electron chi connectivity index (χ3n) is 3.12. The van der Waals surface area contributed by atoms with Crippen LogP contribution in [0.4, 0.5) is 5.69 Å². The Kier molecular flexibility index (Phi) is 3.76. The highest BCUT2D eigenvalue weighted by Crippen LogP contribution is 2.24. The van der Waals surface area contributed by atoms with Crippen molar-refractivity contribution in [1.29, 1.82) is 5.26 Å². The molecular formula is C15H13N3O3. The number of nitriles is 1. The van der Waals surface area contributed by atoms with Crippen LogP contribution in [0.25, 0.3) is 0 Å². The van der Waals surface area contributed by atoms with Gasteiger partial charge < -0.3 is 10.2 Å². The molecule has 0 aliphatic carbocycles. The van der Waals surface area contributed by atoms with Gasteiger partial charge in [-0.25, -0.2) is 0 Å². The van der Waals surface area contributed by atoms with Gasteiger partial charge in [0.2, 0.25) is 5.88 Å². The molecule has 0 aliphatic heterocycles. The lowest BCUT2D eigenvalue weighted by Crippen LogP contribution is -2.14. The van der Waals surface area contributed by atoms with Crippen LogP contribution in [0, 0.1) is 25.2 Å². The van der Waals surface area contributed by atoms with Gasteiger partial charge in [0.1, 0.15) is 17.4 Å². The Hall–Kier alpha value is -3.07. The number of hydrogen-bond donors (Lipinski definition) is 3. The maximum Gasteiger partial charge on any atom is 0.268 e. The van der Waals surface area contributed by atoms with E-state index in [9.17, 15) is 15.0 Å². The largest absolute Gasteiger partial charge is 0.508 e. The van der Waals surface area contributed by atoms with Crippen LogP contribution in [0.15, 0.2) is 28.0 Å². The highest BCUT2D eigenvalue weighted by molar-refractivity contribution is 5.87. The first-order chi connectivity index (χ1) is 9.93. The van der Waals surface area contributed by atoms with Crippen LogP contribution in [0.5, 0.6) is 11.6 Å². The van der Waals surface area contributed by atoms with Crippen LogP contribution in [0.1, 0.15) is 22.3 Å². The van der Waals surface area contributed by atoms with Gasteiger partial charge in [-0.05, 0) is 43.2 Å². The van der Waals surface area contributed by atoms with Crippen molar-refractivity contribution >= 4 is 11.9 Å². The summed E-state index contributed by atoms with van der Waals surface area (Å²) in [5.74, 6) is -0.196. The number of pyridine rings is 1. The maximum atomic E-state index is 11.5. The molecule has 21 heavy (non-hydrogen) atoms. The molecule has 6 nitrogen and oxygen atoms in total. The monoisotopic (exact) mass is 283 g/mol. The molecule has 1 aromatic heterocycles. The van der Waals surface area contributed by atoms with Gasteiger partial charge in [-0.1, -0.05) is 0 Å². The Morgan fingerprint density at radius 3 is 2.67 bits per heavy atom. The number of aromatic hydroxyl groups is 2. The lowest BCUT2D eigenvalue weighted by Gasteiger charge is -2.05.